The number of fused-ring (bicyclic) bond motifs is 1. The largest absolute Gasteiger partial charge is 0.508 e. The number of aromatic nitrogens is 1. The minimum atomic E-state index is 0.291. The second-order valence-electron chi connectivity index (χ2n) is 4.12. The van der Waals surface area contributed by atoms with Crippen LogP contribution < -0.4 is 0 Å². The molecule has 2 aromatic carbocycles. The Morgan fingerprint density at radius 1 is 1.18 bits per heavy atom. The summed E-state index contributed by atoms with van der Waals surface area (Å²) >= 11 is 0. The van der Waals surface area contributed by atoms with Crippen molar-refractivity contribution in [3.63, 3.8) is 0 Å². The number of aromatic hydroxyl groups is 1. The minimum Gasteiger partial charge on any atom is -0.508 e. The molecule has 1 heterocycles. The monoisotopic (exact) mass is 222 g/mol. The number of aryl methyl sites for hydroxylation is 1. The summed E-state index contributed by atoms with van der Waals surface area (Å²) in [5.41, 5.74) is 3.25. The molecule has 2 heteroatoms. The van der Waals surface area contributed by atoms with Crippen molar-refractivity contribution in [2.45, 2.75) is 0 Å². The Bertz CT molecular complexity index is 682. The van der Waals surface area contributed by atoms with Crippen molar-refractivity contribution in [2.24, 2.45) is 7.05 Å². The van der Waals surface area contributed by atoms with Gasteiger partial charge in [-0.25, -0.2) is 0 Å². The maximum Gasteiger partial charge on any atom is 0.116 e. The average molecular weight is 222 g/mol. The molecule has 1 N–H and O–H groups in total. The molecule has 0 bridgehead atoms. The van der Waals surface area contributed by atoms with E-state index in [2.05, 4.69) is 16.7 Å². The Morgan fingerprint density at radius 2 is 2.06 bits per heavy atom. The Morgan fingerprint density at radius 3 is 2.82 bits per heavy atom. The van der Waals surface area contributed by atoms with Crippen molar-refractivity contribution in [3.05, 3.63) is 54.6 Å². The van der Waals surface area contributed by atoms with Gasteiger partial charge in [-0.2, -0.15) is 0 Å². The second kappa shape index (κ2) is 3.67. The van der Waals surface area contributed by atoms with E-state index < -0.39 is 0 Å². The highest BCUT2D eigenvalue weighted by Gasteiger charge is 2.07. The molecule has 3 aromatic rings. The number of hydrogen-bond donors (Lipinski definition) is 1. The maximum atomic E-state index is 9.52. The molecule has 17 heavy (non-hydrogen) atoms. The molecule has 0 atom stereocenters. The molecule has 1 aromatic heterocycles. The van der Waals surface area contributed by atoms with Gasteiger partial charge in [-0.1, -0.05) is 24.3 Å². The third-order valence-corrected chi connectivity index (χ3v) is 3.03. The summed E-state index contributed by atoms with van der Waals surface area (Å²) in [7, 11) is 2.02. The molecule has 2 nitrogen and oxygen atoms in total. The van der Waals surface area contributed by atoms with Gasteiger partial charge < -0.3 is 9.67 Å². The highest BCUT2D eigenvalue weighted by atomic mass is 16.3. The Labute approximate surface area is 99.7 Å². The van der Waals surface area contributed by atoms with Crippen molar-refractivity contribution < 1.29 is 5.11 Å². The van der Waals surface area contributed by atoms with E-state index in [0.29, 0.717) is 5.75 Å². The molecule has 0 unspecified atom stereocenters. The third kappa shape index (κ3) is 1.58. The standard InChI is InChI=1S/C15H12NO/c1-16-14-8-3-2-5-12(14)10-15(16)11-6-4-7-13(17)9-11/h2,4-10,17H,1H3. The predicted molar refractivity (Wildman–Crippen MR) is 68.9 cm³/mol. The zero-order chi connectivity index (χ0) is 11.8. The van der Waals surface area contributed by atoms with Crippen molar-refractivity contribution in [3.8, 4) is 17.0 Å². The van der Waals surface area contributed by atoms with Crippen molar-refractivity contribution in [2.75, 3.05) is 0 Å². The van der Waals surface area contributed by atoms with Gasteiger partial charge in [-0.15, -0.1) is 0 Å². The molecule has 0 aliphatic carbocycles. The van der Waals surface area contributed by atoms with E-state index in [4.69, 9.17) is 0 Å². The summed E-state index contributed by atoms with van der Waals surface area (Å²) in [6.07, 6.45) is 0. The van der Waals surface area contributed by atoms with Crippen LogP contribution in [0.4, 0.5) is 0 Å². The molecule has 0 saturated carbocycles. The highest BCUT2D eigenvalue weighted by molar-refractivity contribution is 5.86. The lowest BCUT2D eigenvalue weighted by atomic mass is 10.1. The number of rotatable bonds is 1. The van der Waals surface area contributed by atoms with Crippen molar-refractivity contribution in [1.29, 1.82) is 0 Å². The Kier molecular flexibility index (Phi) is 2.15. The fourth-order valence-corrected chi connectivity index (χ4v) is 2.16. The van der Waals surface area contributed by atoms with Crippen LogP contribution in [0.5, 0.6) is 5.75 Å². The topological polar surface area (TPSA) is 25.2 Å². The lowest BCUT2D eigenvalue weighted by Crippen LogP contribution is -1.90. The molecular weight excluding hydrogens is 210 g/mol. The quantitative estimate of drug-likeness (QED) is 0.671. The van der Waals surface area contributed by atoms with E-state index in [1.165, 1.54) is 5.39 Å². The van der Waals surface area contributed by atoms with Gasteiger partial charge in [0.15, 0.2) is 0 Å². The van der Waals surface area contributed by atoms with E-state index in [1.54, 1.807) is 12.1 Å². The maximum absolute atomic E-state index is 9.52. The van der Waals surface area contributed by atoms with Gasteiger partial charge in [0.25, 0.3) is 0 Å². The van der Waals surface area contributed by atoms with E-state index >= 15 is 0 Å². The SMILES string of the molecule is Cn1c(-c2cccc(O)c2)cc2cc[c]cc21. The first-order valence-corrected chi connectivity index (χ1v) is 5.50. The number of phenolic OH excluding ortho intramolecular Hbond substituents is 1. The predicted octanol–water partition coefficient (Wildman–Crippen LogP) is 3.35. The third-order valence-electron chi connectivity index (χ3n) is 3.03. The first-order valence-electron chi connectivity index (χ1n) is 5.50. The van der Waals surface area contributed by atoms with Gasteiger partial charge in [-0.05, 0) is 30.3 Å². The average Bonchev–Trinajstić information content (AvgIpc) is 2.68. The minimum absolute atomic E-state index is 0.291. The lowest BCUT2D eigenvalue weighted by molar-refractivity contribution is 0.475. The molecule has 0 fully saturated rings. The molecule has 0 saturated heterocycles. The molecular formula is C15H12NO. The molecule has 0 spiro atoms. The van der Waals surface area contributed by atoms with Gasteiger partial charge in [0.2, 0.25) is 0 Å². The molecule has 0 amide bonds. The number of nitrogens with zero attached hydrogens (tertiary/aromatic N) is 1. The smallest absolute Gasteiger partial charge is 0.116 e. The fraction of sp³-hybridized carbons (Fsp3) is 0.0667. The molecule has 0 aliphatic heterocycles. The summed E-state index contributed by atoms with van der Waals surface area (Å²) in [6, 6.07) is 18.4. The first-order chi connectivity index (χ1) is 8.25. The van der Waals surface area contributed by atoms with Crippen LogP contribution in [0.2, 0.25) is 0 Å². The van der Waals surface area contributed by atoms with Gasteiger partial charge in [0.1, 0.15) is 5.75 Å². The van der Waals surface area contributed by atoms with E-state index in [1.807, 2.05) is 37.4 Å². The van der Waals surface area contributed by atoms with Crippen LogP contribution in [0.1, 0.15) is 0 Å². The summed E-state index contributed by atoms with van der Waals surface area (Å²) in [4.78, 5) is 0. The van der Waals surface area contributed by atoms with E-state index in [0.717, 1.165) is 16.8 Å². The fourth-order valence-electron chi connectivity index (χ4n) is 2.16. The van der Waals surface area contributed by atoms with E-state index in [9.17, 15) is 5.11 Å². The first kappa shape index (κ1) is 9.97. The molecule has 0 aliphatic rings. The van der Waals surface area contributed by atoms with Gasteiger partial charge in [-0.3, -0.25) is 0 Å². The lowest BCUT2D eigenvalue weighted by Gasteiger charge is -2.04. The van der Waals surface area contributed by atoms with Gasteiger partial charge >= 0.3 is 0 Å². The van der Waals surface area contributed by atoms with Crippen molar-refractivity contribution in [1.82, 2.24) is 4.57 Å². The molecule has 83 valence electrons. The Hall–Kier alpha value is -2.22. The summed E-state index contributed by atoms with van der Waals surface area (Å²) in [5, 5.41) is 10.7. The van der Waals surface area contributed by atoms with Crippen LogP contribution in [0.25, 0.3) is 22.2 Å². The second-order valence-corrected chi connectivity index (χ2v) is 4.12. The number of benzene rings is 2. The molecule has 3 rings (SSSR count). The van der Waals surface area contributed by atoms with Crippen LogP contribution in [-0.2, 0) is 7.05 Å². The zero-order valence-electron chi connectivity index (χ0n) is 9.51. The normalized spacial score (nSPS) is 10.9. The van der Waals surface area contributed by atoms with Crippen LogP contribution >= 0.6 is 0 Å². The van der Waals surface area contributed by atoms with Gasteiger partial charge in [0.05, 0.1) is 0 Å². The Balaban J connectivity index is 2.27. The van der Waals surface area contributed by atoms with Crippen LogP contribution in [0.15, 0.2) is 48.5 Å². The summed E-state index contributed by atoms with van der Waals surface area (Å²) < 4.78 is 2.11. The van der Waals surface area contributed by atoms with Crippen molar-refractivity contribution >= 4 is 10.9 Å². The van der Waals surface area contributed by atoms with Crippen LogP contribution in [0, 0.1) is 6.07 Å². The van der Waals surface area contributed by atoms with Crippen LogP contribution in [-0.4, -0.2) is 9.67 Å². The number of phenols is 1. The highest BCUT2D eigenvalue weighted by Crippen LogP contribution is 2.28. The zero-order valence-corrected chi connectivity index (χ0v) is 9.51. The van der Waals surface area contributed by atoms with Crippen LogP contribution in [0.3, 0.4) is 0 Å². The summed E-state index contributed by atoms with van der Waals surface area (Å²) in [5.74, 6) is 0.291. The van der Waals surface area contributed by atoms with Gasteiger partial charge in [0, 0.05) is 29.2 Å². The molecule has 1 radical (unpaired) electrons. The number of hydrogen-bond acceptors (Lipinski definition) is 1. The van der Waals surface area contributed by atoms with E-state index in [-0.39, 0.29) is 0 Å². The summed E-state index contributed by atoms with van der Waals surface area (Å²) in [6.45, 7) is 0.